The zero-order chi connectivity index (χ0) is 21.1. The highest BCUT2D eigenvalue weighted by Gasteiger charge is 2.14. The predicted molar refractivity (Wildman–Crippen MR) is 115 cm³/mol. The number of benzene rings is 2. The van der Waals surface area contributed by atoms with Gasteiger partial charge in [0.2, 0.25) is 0 Å². The van der Waals surface area contributed by atoms with Crippen LogP contribution in [0.1, 0.15) is 36.6 Å². The monoisotopic (exact) mass is 523 g/mol. The van der Waals surface area contributed by atoms with Crippen LogP contribution in [0, 0.1) is 0 Å². The molecule has 2 aromatic carbocycles. The molecule has 1 heterocycles. The lowest BCUT2D eigenvalue weighted by Crippen LogP contribution is -2.06. The van der Waals surface area contributed by atoms with Gasteiger partial charge in [0.05, 0.1) is 33.8 Å². The number of carbonyl (C=O) groups is 1. The van der Waals surface area contributed by atoms with Gasteiger partial charge in [-0.15, -0.1) is 0 Å². The van der Waals surface area contributed by atoms with Gasteiger partial charge >= 0.3 is 5.97 Å². The molecule has 0 spiro atoms. The Kier molecular flexibility index (Phi) is 6.59. The Balaban J connectivity index is 1.80. The van der Waals surface area contributed by atoms with E-state index in [0.717, 1.165) is 20.1 Å². The Morgan fingerprint density at radius 2 is 1.90 bits per heavy atom. The summed E-state index contributed by atoms with van der Waals surface area (Å²) in [6, 6.07) is 8.95. The second-order valence-corrected chi connectivity index (χ2v) is 8.51. The van der Waals surface area contributed by atoms with Crippen molar-refractivity contribution in [2.75, 3.05) is 0 Å². The highest BCUT2D eigenvalue weighted by atomic mass is 79.9. The second kappa shape index (κ2) is 8.96. The molecule has 0 bridgehead atoms. The van der Waals surface area contributed by atoms with Crippen LogP contribution in [-0.2, 0) is 17.8 Å². The maximum absolute atomic E-state index is 10.8. The van der Waals surface area contributed by atoms with E-state index in [1.54, 1.807) is 12.1 Å². The minimum Gasteiger partial charge on any atom is -0.508 e. The molecule has 0 unspecified atom stereocenters. The number of halogens is 2. The average Bonchev–Trinajstić information content (AvgIpc) is 3.05. The molecule has 0 aliphatic heterocycles. The lowest BCUT2D eigenvalue weighted by atomic mass is 10.0. The van der Waals surface area contributed by atoms with E-state index >= 15 is 0 Å². The number of nitrogens with zero attached hydrogens (tertiary/aromatic N) is 3. The first-order chi connectivity index (χ1) is 13.7. The minimum atomic E-state index is -0.945. The summed E-state index contributed by atoms with van der Waals surface area (Å²) in [6.07, 6.45) is 1.29. The molecule has 0 saturated carbocycles. The number of aromatic hydroxyl groups is 1. The zero-order valence-electron chi connectivity index (χ0n) is 15.8. The van der Waals surface area contributed by atoms with E-state index < -0.39 is 5.97 Å². The van der Waals surface area contributed by atoms with E-state index in [2.05, 4.69) is 42.1 Å². The number of aliphatic carboxylic acids is 1. The normalized spacial score (nSPS) is 11.1. The van der Waals surface area contributed by atoms with E-state index in [1.807, 2.05) is 32.0 Å². The summed E-state index contributed by atoms with van der Waals surface area (Å²) in [5.74, 6) is 0.691. The number of hydrogen-bond donors (Lipinski definition) is 2. The highest BCUT2D eigenvalue weighted by molar-refractivity contribution is 9.11. The maximum atomic E-state index is 10.8. The third-order valence-electron chi connectivity index (χ3n) is 4.14. The summed E-state index contributed by atoms with van der Waals surface area (Å²) < 4.78 is 7.50. The van der Waals surface area contributed by atoms with Crippen LogP contribution in [-0.4, -0.2) is 31.2 Å². The molecule has 1 aromatic heterocycles. The topological polar surface area (TPSA) is 97.5 Å². The summed E-state index contributed by atoms with van der Waals surface area (Å²) in [4.78, 5) is 12.2. The summed E-state index contributed by atoms with van der Waals surface area (Å²) in [7, 11) is 0. The van der Waals surface area contributed by atoms with Gasteiger partial charge in [-0.25, -0.2) is 0 Å². The van der Waals surface area contributed by atoms with E-state index in [9.17, 15) is 9.90 Å². The van der Waals surface area contributed by atoms with Crippen molar-refractivity contribution in [3.8, 4) is 17.2 Å². The van der Waals surface area contributed by atoms with Crippen LogP contribution in [0.2, 0.25) is 0 Å². The van der Waals surface area contributed by atoms with E-state index in [-0.39, 0.29) is 18.1 Å². The molecule has 0 saturated heterocycles. The molecule has 0 atom stereocenters. The molecule has 3 aromatic rings. The van der Waals surface area contributed by atoms with Crippen molar-refractivity contribution in [2.45, 2.75) is 32.7 Å². The van der Waals surface area contributed by atoms with Crippen LogP contribution in [0.5, 0.6) is 17.2 Å². The fraction of sp³-hybridized carbons (Fsp3) is 0.250. The van der Waals surface area contributed by atoms with Gasteiger partial charge in [-0.3, -0.25) is 4.79 Å². The van der Waals surface area contributed by atoms with Crippen LogP contribution >= 0.6 is 31.9 Å². The van der Waals surface area contributed by atoms with Gasteiger partial charge in [-0.05, 0) is 73.7 Å². The van der Waals surface area contributed by atoms with Gasteiger partial charge in [0.15, 0.2) is 5.75 Å². The van der Waals surface area contributed by atoms with Gasteiger partial charge in [-0.2, -0.15) is 15.0 Å². The lowest BCUT2D eigenvalue weighted by Gasteiger charge is -2.14. The molecule has 152 valence electrons. The van der Waals surface area contributed by atoms with Gasteiger partial charge in [0.25, 0.3) is 0 Å². The number of aromatic nitrogens is 3. The molecular formula is C20H19Br2N3O4. The summed E-state index contributed by atoms with van der Waals surface area (Å²) in [6.45, 7) is 4.39. The number of phenols is 1. The standard InChI is InChI=1S/C20H19Br2N3O4/c1-11(2)15-8-14(3-4-18(15)26)29-20-16(21)5-12(6-17(20)22)10-25-23-9-13(24-25)7-19(27)28/h3-6,8-9,11,26H,7,10H2,1-2H3,(H,27,28). The van der Waals surface area contributed by atoms with Crippen LogP contribution in [0.25, 0.3) is 0 Å². The Bertz CT molecular complexity index is 1030. The number of hydrogen-bond acceptors (Lipinski definition) is 5. The quantitative estimate of drug-likeness (QED) is 0.446. The molecule has 0 aliphatic carbocycles. The van der Waals surface area contributed by atoms with E-state index in [4.69, 9.17) is 9.84 Å². The van der Waals surface area contributed by atoms with Gasteiger partial charge < -0.3 is 14.9 Å². The Labute approximate surface area is 184 Å². The van der Waals surface area contributed by atoms with E-state index in [1.165, 1.54) is 11.0 Å². The van der Waals surface area contributed by atoms with Gasteiger partial charge in [0, 0.05) is 5.56 Å². The SMILES string of the molecule is CC(C)c1cc(Oc2c(Br)cc(Cn3ncc(CC(=O)O)n3)cc2Br)ccc1O. The third-order valence-corrected chi connectivity index (χ3v) is 5.32. The van der Waals surface area contributed by atoms with Crippen LogP contribution in [0.15, 0.2) is 45.5 Å². The minimum absolute atomic E-state index is 0.162. The first-order valence-electron chi connectivity index (χ1n) is 8.82. The van der Waals surface area contributed by atoms with E-state index in [0.29, 0.717) is 23.7 Å². The molecule has 0 fully saturated rings. The van der Waals surface area contributed by atoms with Crippen LogP contribution in [0.4, 0.5) is 0 Å². The number of carboxylic acids is 1. The van der Waals surface area contributed by atoms with Crippen molar-refractivity contribution in [2.24, 2.45) is 0 Å². The molecule has 9 heteroatoms. The first-order valence-corrected chi connectivity index (χ1v) is 10.4. The molecule has 0 radical (unpaired) electrons. The lowest BCUT2D eigenvalue weighted by molar-refractivity contribution is -0.136. The molecule has 0 aliphatic rings. The van der Waals surface area contributed by atoms with Crippen molar-refractivity contribution >= 4 is 37.8 Å². The number of carboxylic acid groups (broad SMARTS) is 1. The van der Waals surface area contributed by atoms with Crippen LogP contribution in [0.3, 0.4) is 0 Å². The van der Waals surface area contributed by atoms with Crippen molar-refractivity contribution in [1.82, 2.24) is 15.0 Å². The third kappa shape index (κ3) is 5.36. The second-order valence-electron chi connectivity index (χ2n) is 6.80. The average molecular weight is 525 g/mol. The smallest absolute Gasteiger partial charge is 0.309 e. The van der Waals surface area contributed by atoms with Crippen molar-refractivity contribution in [3.05, 3.63) is 62.3 Å². The van der Waals surface area contributed by atoms with Gasteiger partial charge in [-0.1, -0.05) is 13.8 Å². The maximum Gasteiger partial charge on any atom is 0.309 e. The highest BCUT2D eigenvalue weighted by Crippen LogP contribution is 2.39. The van der Waals surface area contributed by atoms with Gasteiger partial charge in [0.1, 0.15) is 11.5 Å². The molecule has 3 rings (SSSR count). The molecular weight excluding hydrogens is 506 g/mol. The number of ether oxygens (including phenoxy) is 1. The van der Waals surface area contributed by atoms with Crippen molar-refractivity contribution in [1.29, 1.82) is 0 Å². The van der Waals surface area contributed by atoms with Crippen molar-refractivity contribution < 1.29 is 19.7 Å². The Morgan fingerprint density at radius 3 is 2.52 bits per heavy atom. The number of phenolic OH excluding ortho intramolecular Hbond substituents is 1. The molecule has 0 amide bonds. The number of rotatable bonds is 7. The first kappa shape index (κ1) is 21.3. The largest absolute Gasteiger partial charge is 0.508 e. The Morgan fingerprint density at radius 1 is 1.21 bits per heavy atom. The summed E-state index contributed by atoms with van der Waals surface area (Å²) >= 11 is 7.07. The fourth-order valence-corrected chi connectivity index (χ4v) is 4.23. The predicted octanol–water partition coefficient (Wildman–Crippen LogP) is 5.10. The fourth-order valence-electron chi connectivity index (χ4n) is 2.79. The zero-order valence-corrected chi connectivity index (χ0v) is 18.9. The molecule has 7 nitrogen and oxygen atoms in total. The van der Waals surface area contributed by atoms with Crippen LogP contribution < -0.4 is 4.74 Å². The molecule has 2 N–H and O–H groups in total. The molecule has 29 heavy (non-hydrogen) atoms. The Hall–Kier alpha value is -2.39. The summed E-state index contributed by atoms with van der Waals surface area (Å²) in [5, 5.41) is 27.1. The summed E-state index contributed by atoms with van der Waals surface area (Å²) in [5.41, 5.74) is 2.12. The van der Waals surface area contributed by atoms with Crippen molar-refractivity contribution in [3.63, 3.8) is 0 Å².